The Kier molecular flexibility index (Phi) is 2.33. The van der Waals surface area contributed by atoms with Crippen LogP contribution in [0.15, 0.2) is 30.3 Å². The first-order valence-corrected chi connectivity index (χ1v) is 5.79. The molecule has 0 bridgehead atoms. The van der Waals surface area contributed by atoms with Gasteiger partial charge in [-0.25, -0.2) is 0 Å². The Morgan fingerprint density at radius 2 is 1.84 bits per heavy atom. The van der Waals surface area contributed by atoms with Crippen molar-refractivity contribution in [3.63, 3.8) is 0 Å². The van der Waals surface area contributed by atoms with E-state index in [0.717, 1.165) is 0 Å². The molecule has 0 spiro atoms. The number of benzene rings is 2. The molecular formula is C13H7ClN2O3. The van der Waals surface area contributed by atoms with Crippen LogP contribution in [0.3, 0.4) is 0 Å². The first-order valence-electron chi connectivity index (χ1n) is 5.41. The number of carbonyl (C=O) groups excluding carboxylic acids is 1. The fraction of sp³-hybridized carbons (Fsp3) is 0. The van der Waals surface area contributed by atoms with E-state index in [9.17, 15) is 14.9 Å². The number of nitrogens with zero attached hydrogens (tertiary/aromatic N) is 1. The molecule has 0 radical (unpaired) electrons. The van der Waals surface area contributed by atoms with Crippen LogP contribution in [0.25, 0.3) is 11.1 Å². The number of fused-ring (bicyclic) bond motifs is 3. The maximum Gasteiger partial charge on any atom is 0.270 e. The summed E-state index contributed by atoms with van der Waals surface area (Å²) < 4.78 is 0. The largest absolute Gasteiger partial charge is 0.398 e. The van der Waals surface area contributed by atoms with Gasteiger partial charge < -0.3 is 5.73 Å². The Hall–Kier alpha value is -2.40. The quantitative estimate of drug-likeness (QED) is 0.420. The number of carbonyl (C=O) groups is 1. The summed E-state index contributed by atoms with van der Waals surface area (Å²) in [5, 5.41) is 11.2. The molecule has 0 atom stereocenters. The van der Waals surface area contributed by atoms with Crippen molar-refractivity contribution in [2.75, 3.05) is 5.73 Å². The van der Waals surface area contributed by atoms with Gasteiger partial charge in [-0.05, 0) is 29.3 Å². The first-order chi connectivity index (χ1) is 8.99. The third-order valence-electron chi connectivity index (χ3n) is 3.11. The zero-order valence-corrected chi connectivity index (χ0v) is 10.3. The number of non-ortho nitro benzene ring substituents is 1. The molecule has 0 unspecified atom stereocenters. The molecule has 94 valence electrons. The molecule has 5 nitrogen and oxygen atoms in total. The van der Waals surface area contributed by atoms with Gasteiger partial charge in [-0.1, -0.05) is 11.6 Å². The van der Waals surface area contributed by atoms with Crippen molar-refractivity contribution in [1.82, 2.24) is 0 Å². The highest BCUT2D eigenvalue weighted by molar-refractivity contribution is 6.33. The molecule has 2 aromatic rings. The predicted octanol–water partition coefficient (Wildman–Crippen LogP) is 3.04. The van der Waals surface area contributed by atoms with E-state index in [4.69, 9.17) is 17.3 Å². The molecule has 6 heteroatoms. The SMILES string of the molecule is Nc1cc(Cl)cc2c1C(=O)c1cc([N+](=O)[O-])ccc1-2. The van der Waals surface area contributed by atoms with E-state index in [1.54, 1.807) is 12.1 Å². The van der Waals surface area contributed by atoms with Gasteiger partial charge in [0.15, 0.2) is 5.78 Å². The average molecular weight is 275 g/mol. The van der Waals surface area contributed by atoms with Crippen molar-refractivity contribution in [3.05, 3.63) is 56.6 Å². The van der Waals surface area contributed by atoms with Gasteiger partial charge in [0.05, 0.1) is 10.5 Å². The van der Waals surface area contributed by atoms with E-state index in [0.29, 0.717) is 21.7 Å². The van der Waals surface area contributed by atoms with Crippen molar-refractivity contribution in [2.45, 2.75) is 0 Å². The van der Waals surface area contributed by atoms with Gasteiger partial charge in [0.1, 0.15) is 0 Å². The molecular weight excluding hydrogens is 268 g/mol. The van der Waals surface area contributed by atoms with Gasteiger partial charge in [-0.3, -0.25) is 14.9 Å². The fourth-order valence-corrected chi connectivity index (χ4v) is 2.52. The van der Waals surface area contributed by atoms with Crippen molar-refractivity contribution < 1.29 is 9.72 Å². The number of nitrogens with two attached hydrogens (primary N) is 1. The number of halogens is 1. The summed E-state index contributed by atoms with van der Waals surface area (Å²) >= 11 is 5.93. The van der Waals surface area contributed by atoms with Crippen LogP contribution in [0.5, 0.6) is 0 Å². The lowest BCUT2D eigenvalue weighted by atomic mass is 10.0. The van der Waals surface area contributed by atoms with Crippen LogP contribution in [-0.2, 0) is 0 Å². The van der Waals surface area contributed by atoms with Crippen molar-refractivity contribution >= 4 is 28.8 Å². The van der Waals surface area contributed by atoms with Crippen LogP contribution >= 0.6 is 11.6 Å². The van der Waals surface area contributed by atoms with Crippen LogP contribution in [-0.4, -0.2) is 10.7 Å². The summed E-state index contributed by atoms with van der Waals surface area (Å²) in [6.07, 6.45) is 0. The van der Waals surface area contributed by atoms with Gasteiger partial charge in [0.2, 0.25) is 0 Å². The number of nitro benzene ring substituents is 1. The molecule has 1 aliphatic rings. The number of hydrogen-bond acceptors (Lipinski definition) is 4. The van der Waals surface area contributed by atoms with Crippen molar-refractivity contribution in [1.29, 1.82) is 0 Å². The van der Waals surface area contributed by atoms with Crippen LogP contribution in [0.1, 0.15) is 15.9 Å². The third-order valence-corrected chi connectivity index (χ3v) is 3.33. The lowest BCUT2D eigenvalue weighted by molar-refractivity contribution is -0.384. The molecule has 0 heterocycles. The second-order valence-corrected chi connectivity index (χ2v) is 4.67. The average Bonchev–Trinajstić information content (AvgIpc) is 2.62. The molecule has 3 rings (SSSR count). The lowest BCUT2D eigenvalue weighted by Crippen LogP contribution is -2.01. The highest BCUT2D eigenvalue weighted by Crippen LogP contribution is 2.42. The first kappa shape index (κ1) is 11.7. The van der Waals surface area contributed by atoms with Crippen molar-refractivity contribution in [3.8, 4) is 11.1 Å². The topological polar surface area (TPSA) is 86.2 Å². The minimum atomic E-state index is -0.535. The fourth-order valence-electron chi connectivity index (χ4n) is 2.30. The molecule has 0 saturated carbocycles. The molecule has 19 heavy (non-hydrogen) atoms. The van der Waals surface area contributed by atoms with E-state index < -0.39 is 4.92 Å². The monoisotopic (exact) mass is 274 g/mol. The van der Waals surface area contributed by atoms with E-state index >= 15 is 0 Å². The Morgan fingerprint density at radius 3 is 2.53 bits per heavy atom. The smallest absolute Gasteiger partial charge is 0.270 e. The maximum atomic E-state index is 12.2. The highest BCUT2D eigenvalue weighted by atomic mass is 35.5. The summed E-state index contributed by atoms with van der Waals surface area (Å²) in [7, 11) is 0. The number of rotatable bonds is 1. The van der Waals surface area contributed by atoms with Crippen LogP contribution in [0.4, 0.5) is 11.4 Å². The highest BCUT2D eigenvalue weighted by Gasteiger charge is 2.30. The molecule has 2 aromatic carbocycles. The summed E-state index contributed by atoms with van der Waals surface area (Å²) in [5.74, 6) is -0.303. The minimum Gasteiger partial charge on any atom is -0.398 e. The number of nitrogen functional groups attached to an aromatic ring is 1. The second kappa shape index (κ2) is 3.80. The Morgan fingerprint density at radius 1 is 1.11 bits per heavy atom. The predicted molar refractivity (Wildman–Crippen MR) is 71.4 cm³/mol. The Labute approximate surface area is 112 Å². The van der Waals surface area contributed by atoms with E-state index in [2.05, 4.69) is 0 Å². The summed E-state index contributed by atoms with van der Waals surface area (Å²) in [6, 6.07) is 7.32. The van der Waals surface area contributed by atoms with Gasteiger partial charge in [-0.15, -0.1) is 0 Å². The molecule has 0 aromatic heterocycles. The summed E-state index contributed by atoms with van der Waals surface area (Å²) in [6.45, 7) is 0. The zero-order chi connectivity index (χ0) is 13.7. The van der Waals surface area contributed by atoms with Gasteiger partial charge in [-0.2, -0.15) is 0 Å². The molecule has 0 fully saturated rings. The van der Waals surface area contributed by atoms with E-state index in [1.807, 2.05) is 0 Å². The van der Waals surface area contributed by atoms with Crippen LogP contribution < -0.4 is 5.73 Å². The Balaban J connectivity index is 2.31. The van der Waals surface area contributed by atoms with Crippen LogP contribution in [0.2, 0.25) is 5.02 Å². The minimum absolute atomic E-state index is 0.121. The van der Waals surface area contributed by atoms with E-state index in [1.165, 1.54) is 18.2 Å². The molecule has 0 saturated heterocycles. The van der Waals surface area contributed by atoms with Gasteiger partial charge in [0, 0.05) is 28.4 Å². The third kappa shape index (κ3) is 1.59. The number of hydrogen-bond donors (Lipinski definition) is 1. The van der Waals surface area contributed by atoms with Gasteiger partial charge in [0.25, 0.3) is 5.69 Å². The molecule has 0 aliphatic heterocycles. The lowest BCUT2D eigenvalue weighted by Gasteiger charge is -2.03. The maximum absolute atomic E-state index is 12.2. The molecule has 2 N–H and O–H groups in total. The normalized spacial score (nSPS) is 12.2. The Bertz CT molecular complexity index is 756. The summed E-state index contributed by atoms with van der Waals surface area (Å²) in [5.41, 5.74) is 7.86. The molecule has 0 amide bonds. The van der Waals surface area contributed by atoms with Gasteiger partial charge >= 0.3 is 0 Å². The number of nitro groups is 1. The van der Waals surface area contributed by atoms with E-state index in [-0.39, 0.29) is 22.7 Å². The zero-order valence-electron chi connectivity index (χ0n) is 9.51. The number of ketones is 1. The van der Waals surface area contributed by atoms with Crippen LogP contribution in [0, 0.1) is 10.1 Å². The summed E-state index contributed by atoms with van der Waals surface area (Å²) in [4.78, 5) is 22.5. The molecule has 1 aliphatic carbocycles. The van der Waals surface area contributed by atoms with Crippen molar-refractivity contribution in [2.24, 2.45) is 0 Å². The number of anilines is 1. The second-order valence-electron chi connectivity index (χ2n) is 4.23. The standard InChI is InChI=1S/C13H7ClN2O3/c14-6-3-9-8-2-1-7(16(18)19)5-10(8)13(17)12(9)11(15)4-6/h1-5H,15H2.